The molecule has 2 aromatic carbocycles. The van der Waals surface area contributed by atoms with E-state index in [1.807, 2.05) is 35.2 Å². The van der Waals surface area contributed by atoms with E-state index in [0.717, 1.165) is 62.2 Å². The average Bonchev–Trinajstić information content (AvgIpc) is 3.23. The molecule has 0 spiro atoms. The number of carbonyl (C=O) groups excluding carboxylic acids is 2. The zero-order valence-corrected chi connectivity index (χ0v) is 24.7. The van der Waals surface area contributed by atoms with E-state index in [1.165, 1.54) is 7.11 Å². The number of benzene rings is 2. The van der Waals surface area contributed by atoms with Crippen molar-refractivity contribution in [3.63, 3.8) is 0 Å². The first-order valence-electron chi connectivity index (χ1n) is 14.0. The first-order valence-corrected chi connectivity index (χ1v) is 14.0. The Morgan fingerprint density at radius 3 is 2.10 bits per heavy atom. The maximum Gasteiger partial charge on any atom is 0.337 e. The number of anilines is 2. The predicted octanol–water partition coefficient (Wildman–Crippen LogP) is 6.05. The minimum atomic E-state index is -0.370. The summed E-state index contributed by atoms with van der Waals surface area (Å²) in [5, 5.41) is 3.41. The Kier molecular flexibility index (Phi) is 10.9. The van der Waals surface area contributed by atoms with E-state index >= 15 is 0 Å². The Balaban J connectivity index is 1.94. The number of aryl methyl sites for hydroxylation is 1. The Bertz CT molecular complexity index is 1220. The number of carbonyl (C=O) groups is 2. The number of rotatable bonds is 14. The van der Waals surface area contributed by atoms with Crippen molar-refractivity contribution < 1.29 is 14.3 Å². The molecule has 1 N–H and O–H groups in total. The van der Waals surface area contributed by atoms with Gasteiger partial charge in [-0.3, -0.25) is 4.79 Å². The van der Waals surface area contributed by atoms with Crippen molar-refractivity contribution in [2.75, 3.05) is 46.2 Å². The second-order valence-corrected chi connectivity index (χ2v) is 11.3. The molecule has 0 fully saturated rings. The molecule has 0 bridgehead atoms. The van der Waals surface area contributed by atoms with Gasteiger partial charge in [-0.15, -0.1) is 0 Å². The molecule has 0 saturated carbocycles. The molecular weight excluding hydrogens is 490 g/mol. The Morgan fingerprint density at radius 1 is 0.923 bits per heavy atom. The van der Waals surface area contributed by atoms with Gasteiger partial charge in [-0.25, -0.2) is 9.78 Å². The highest BCUT2D eigenvalue weighted by Gasteiger charge is 2.19. The Labute approximate surface area is 233 Å². The number of hydrogen-bond acceptors (Lipinski definition) is 6. The normalized spacial score (nSPS) is 11.5. The molecule has 0 saturated heterocycles. The smallest absolute Gasteiger partial charge is 0.337 e. The molecule has 1 heterocycles. The van der Waals surface area contributed by atoms with Crippen molar-refractivity contribution in [3.05, 3.63) is 53.6 Å². The lowest BCUT2D eigenvalue weighted by atomic mass is 10.1. The van der Waals surface area contributed by atoms with Crippen molar-refractivity contribution in [3.8, 4) is 0 Å². The highest BCUT2D eigenvalue weighted by Crippen LogP contribution is 2.26. The number of fused-ring (bicyclic) bond motifs is 1. The third-order valence-electron chi connectivity index (χ3n) is 6.78. The summed E-state index contributed by atoms with van der Waals surface area (Å²) in [6.07, 6.45) is 2.90. The summed E-state index contributed by atoms with van der Waals surface area (Å²) in [4.78, 5) is 34.5. The van der Waals surface area contributed by atoms with Crippen LogP contribution in [0.3, 0.4) is 0 Å². The van der Waals surface area contributed by atoms with E-state index in [2.05, 4.69) is 56.6 Å². The van der Waals surface area contributed by atoms with Crippen LogP contribution >= 0.6 is 0 Å². The zero-order valence-electron chi connectivity index (χ0n) is 24.7. The summed E-state index contributed by atoms with van der Waals surface area (Å²) < 4.78 is 6.96. The number of ether oxygens (including phenoxy) is 1. The second kappa shape index (κ2) is 14.1. The van der Waals surface area contributed by atoms with Gasteiger partial charge in [0.05, 0.1) is 23.7 Å². The van der Waals surface area contributed by atoms with Crippen LogP contribution < -0.4 is 5.32 Å². The van der Waals surface area contributed by atoms with E-state index in [1.54, 1.807) is 12.1 Å². The van der Waals surface area contributed by atoms with Crippen LogP contribution in [0.5, 0.6) is 0 Å². The van der Waals surface area contributed by atoms with Crippen LogP contribution in [0.1, 0.15) is 67.7 Å². The van der Waals surface area contributed by atoms with Crippen molar-refractivity contribution in [1.82, 2.24) is 19.4 Å². The molecule has 8 heteroatoms. The van der Waals surface area contributed by atoms with Crippen LogP contribution in [0.25, 0.3) is 11.0 Å². The van der Waals surface area contributed by atoms with Gasteiger partial charge in [0.2, 0.25) is 5.95 Å². The summed E-state index contributed by atoms with van der Waals surface area (Å²) in [5.41, 5.74) is 3.77. The summed E-state index contributed by atoms with van der Waals surface area (Å²) in [6, 6.07) is 13.0. The number of esters is 1. The van der Waals surface area contributed by atoms with Gasteiger partial charge in [0.1, 0.15) is 0 Å². The number of amides is 1. The molecule has 0 atom stereocenters. The highest BCUT2D eigenvalue weighted by molar-refractivity contribution is 5.98. The molecule has 1 aromatic heterocycles. The third-order valence-corrected chi connectivity index (χ3v) is 6.78. The maximum atomic E-state index is 13.7. The summed E-state index contributed by atoms with van der Waals surface area (Å²) in [7, 11) is 5.50. The van der Waals surface area contributed by atoms with Crippen molar-refractivity contribution >= 4 is 34.5 Å². The predicted molar refractivity (Wildman–Crippen MR) is 159 cm³/mol. The van der Waals surface area contributed by atoms with Gasteiger partial charge in [-0.05, 0) is 94.2 Å². The number of nitrogens with one attached hydrogen (secondary N) is 1. The number of aromatic nitrogens is 2. The SMILES string of the molecule is COC(=O)c1ccc(Nc2nc3ccc(C(=O)N(CCC(C)C)CCC(C)C)cc3n2CCCN(C)C)cc1. The minimum Gasteiger partial charge on any atom is -0.465 e. The van der Waals surface area contributed by atoms with Gasteiger partial charge >= 0.3 is 5.97 Å². The molecule has 39 heavy (non-hydrogen) atoms. The van der Waals surface area contributed by atoms with E-state index in [-0.39, 0.29) is 11.9 Å². The lowest BCUT2D eigenvalue weighted by Crippen LogP contribution is -2.34. The minimum absolute atomic E-state index is 0.0761. The number of imidazole rings is 1. The fourth-order valence-corrected chi connectivity index (χ4v) is 4.38. The molecule has 3 rings (SSSR count). The van der Waals surface area contributed by atoms with E-state index in [9.17, 15) is 9.59 Å². The second-order valence-electron chi connectivity index (χ2n) is 11.3. The van der Waals surface area contributed by atoms with Crippen molar-refractivity contribution in [1.29, 1.82) is 0 Å². The molecule has 1 amide bonds. The molecule has 0 aliphatic carbocycles. The Morgan fingerprint density at radius 2 is 1.54 bits per heavy atom. The quantitative estimate of drug-likeness (QED) is 0.253. The van der Waals surface area contributed by atoms with Gasteiger partial charge in [0.15, 0.2) is 0 Å². The first kappa shape index (κ1) is 30.2. The molecule has 0 radical (unpaired) electrons. The van der Waals surface area contributed by atoms with Crippen LogP contribution in [-0.2, 0) is 11.3 Å². The van der Waals surface area contributed by atoms with Crippen molar-refractivity contribution in [2.45, 2.75) is 53.5 Å². The summed E-state index contributed by atoms with van der Waals surface area (Å²) in [5.74, 6) is 1.49. The van der Waals surface area contributed by atoms with Crippen LogP contribution in [0.2, 0.25) is 0 Å². The number of nitrogens with zero attached hydrogens (tertiary/aromatic N) is 4. The first-order chi connectivity index (χ1) is 18.6. The average molecular weight is 536 g/mol. The standard InChI is InChI=1S/C31H45N5O3/c1-22(2)15-19-35(20-16-23(3)4)29(37)25-11-14-27-28(21-25)36(18-8-17-34(5)6)31(33-27)32-26-12-9-24(10-13-26)30(38)39-7/h9-14,21-23H,8,15-20H2,1-7H3,(H,32,33). The maximum absolute atomic E-state index is 13.7. The van der Waals surface area contributed by atoms with Gasteiger partial charge in [-0.2, -0.15) is 0 Å². The third kappa shape index (κ3) is 8.55. The summed E-state index contributed by atoms with van der Waals surface area (Å²) >= 11 is 0. The van der Waals surface area contributed by atoms with Crippen LogP contribution in [-0.4, -0.2) is 72.1 Å². The van der Waals surface area contributed by atoms with Gasteiger partial charge in [0, 0.05) is 30.9 Å². The lowest BCUT2D eigenvalue weighted by Gasteiger charge is -2.24. The molecule has 212 valence electrons. The Hall–Kier alpha value is -3.39. The largest absolute Gasteiger partial charge is 0.465 e. The number of methoxy groups -OCH3 is 1. The molecular formula is C31H45N5O3. The molecule has 0 aliphatic heterocycles. The summed E-state index contributed by atoms with van der Waals surface area (Å²) in [6.45, 7) is 12.0. The molecule has 0 unspecified atom stereocenters. The molecule has 0 aliphatic rings. The van der Waals surface area contributed by atoms with E-state index < -0.39 is 0 Å². The molecule has 8 nitrogen and oxygen atoms in total. The van der Waals surface area contributed by atoms with Crippen LogP contribution in [0.4, 0.5) is 11.6 Å². The monoisotopic (exact) mass is 535 g/mol. The van der Waals surface area contributed by atoms with E-state index in [0.29, 0.717) is 28.9 Å². The lowest BCUT2D eigenvalue weighted by molar-refractivity contribution is 0.0600. The van der Waals surface area contributed by atoms with Crippen LogP contribution in [0.15, 0.2) is 42.5 Å². The topological polar surface area (TPSA) is 79.7 Å². The van der Waals surface area contributed by atoms with Crippen LogP contribution in [0, 0.1) is 11.8 Å². The van der Waals surface area contributed by atoms with Gasteiger partial charge in [0.25, 0.3) is 5.91 Å². The molecule has 3 aromatic rings. The van der Waals surface area contributed by atoms with E-state index in [4.69, 9.17) is 9.72 Å². The fraction of sp³-hybridized carbons (Fsp3) is 0.516. The fourth-order valence-electron chi connectivity index (χ4n) is 4.38. The van der Waals surface area contributed by atoms with Crippen molar-refractivity contribution in [2.24, 2.45) is 11.8 Å². The van der Waals surface area contributed by atoms with Gasteiger partial charge < -0.3 is 24.4 Å². The van der Waals surface area contributed by atoms with Gasteiger partial charge in [-0.1, -0.05) is 27.7 Å². The zero-order chi connectivity index (χ0) is 28.5. The number of hydrogen-bond donors (Lipinski definition) is 1. The highest BCUT2D eigenvalue weighted by atomic mass is 16.5.